The second kappa shape index (κ2) is 6.56. The summed E-state index contributed by atoms with van der Waals surface area (Å²) in [5.41, 5.74) is 3.88. The molecule has 4 nitrogen and oxygen atoms in total. The Kier molecular flexibility index (Phi) is 4.80. The summed E-state index contributed by atoms with van der Waals surface area (Å²) < 4.78 is 25.1. The first kappa shape index (κ1) is 17.5. The molecule has 0 bridgehead atoms. The number of fused-ring (bicyclic) bond motifs is 1. The third-order valence-corrected chi connectivity index (χ3v) is 5.27. The van der Waals surface area contributed by atoms with E-state index in [4.69, 9.17) is 23.2 Å². The Balaban J connectivity index is 1.98. The van der Waals surface area contributed by atoms with Gasteiger partial charge in [0, 0.05) is 34.7 Å². The number of rotatable bonds is 3. The molecule has 0 aliphatic carbocycles. The molecule has 0 amide bonds. The first-order valence-corrected chi connectivity index (χ1v) is 10.1. The fourth-order valence-corrected chi connectivity index (χ4v) is 4.26. The van der Waals surface area contributed by atoms with Crippen LogP contribution in [-0.2, 0) is 16.6 Å². The highest BCUT2D eigenvalue weighted by atomic mass is 35.5. The first-order valence-electron chi connectivity index (χ1n) is 7.47. The molecule has 1 N–H and O–H groups in total. The molecule has 1 atom stereocenters. The minimum atomic E-state index is -3.28. The van der Waals surface area contributed by atoms with Crippen molar-refractivity contribution in [2.75, 3.05) is 24.6 Å². The van der Waals surface area contributed by atoms with Gasteiger partial charge in [-0.2, -0.15) is 0 Å². The highest BCUT2D eigenvalue weighted by molar-refractivity contribution is 7.92. The molecule has 1 heterocycles. The van der Waals surface area contributed by atoms with Gasteiger partial charge in [-0.1, -0.05) is 35.3 Å². The molecule has 1 aliphatic rings. The second-order valence-corrected chi connectivity index (χ2v) is 8.79. The van der Waals surface area contributed by atoms with E-state index in [1.807, 2.05) is 18.2 Å². The van der Waals surface area contributed by atoms with Gasteiger partial charge < -0.3 is 4.90 Å². The summed E-state index contributed by atoms with van der Waals surface area (Å²) in [5, 5.41) is 1.31. The predicted octanol–water partition coefficient (Wildman–Crippen LogP) is 3.94. The Labute approximate surface area is 152 Å². The molecular weight excluding hydrogens is 367 g/mol. The number of hydrogen-bond acceptors (Lipinski definition) is 3. The average molecular weight is 385 g/mol. The number of halogens is 2. The van der Waals surface area contributed by atoms with Crippen molar-refractivity contribution in [2.45, 2.75) is 12.5 Å². The maximum atomic E-state index is 11.3. The maximum Gasteiger partial charge on any atom is 0.229 e. The summed E-state index contributed by atoms with van der Waals surface area (Å²) in [6.45, 7) is 1.64. The minimum absolute atomic E-state index is 0.141. The van der Waals surface area contributed by atoms with Crippen molar-refractivity contribution < 1.29 is 8.42 Å². The van der Waals surface area contributed by atoms with Crippen molar-refractivity contribution in [1.82, 2.24) is 4.90 Å². The monoisotopic (exact) mass is 384 g/mol. The van der Waals surface area contributed by atoms with Gasteiger partial charge in [0.05, 0.1) is 6.26 Å². The lowest BCUT2D eigenvalue weighted by Crippen LogP contribution is -2.31. The Morgan fingerprint density at radius 3 is 2.46 bits per heavy atom. The van der Waals surface area contributed by atoms with E-state index < -0.39 is 10.0 Å². The van der Waals surface area contributed by atoms with Crippen LogP contribution >= 0.6 is 23.2 Å². The number of nitrogens with one attached hydrogen (secondary N) is 1. The quantitative estimate of drug-likeness (QED) is 0.871. The molecule has 2 aromatic rings. The lowest BCUT2D eigenvalue weighted by Gasteiger charge is -2.33. The van der Waals surface area contributed by atoms with Crippen LogP contribution in [0.5, 0.6) is 0 Å². The molecule has 1 unspecified atom stereocenters. The topological polar surface area (TPSA) is 49.4 Å². The largest absolute Gasteiger partial charge is 0.301 e. The molecule has 128 valence electrons. The lowest BCUT2D eigenvalue weighted by atomic mass is 9.85. The molecule has 0 aromatic heterocycles. The Morgan fingerprint density at radius 2 is 1.83 bits per heavy atom. The van der Waals surface area contributed by atoms with E-state index in [9.17, 15) is 8.42 Å². The van der Waals surface area contributed by atoms with Crippen LogP contribution in [0.2, 0.25) is 10.0 Å². The summed E-state index contributed by atoms with van der Waals surface area (Å²) in [6.07, 6.45) is 1.14. The molecule has 2 aromatic carbocycles. The van der Waals surface area contributed by atoms with E-state index in [2.05, 4.69) is 16.7 Å². The number of sulfonamides is 1. The van der Waals surface area contributed by atoms with Crippen molar-refractivity contribution in [3.63, 3.8) is 0 Å². The van der Waals surface area contributed by atoms with E-state index in [0.717, 1.165) is 36.0 Å². The molecule has 0 radical (unpaired) electrons. The molecule has 0 fully saturated rings. The molecular formula is C17H18Cl2N2O2S. The standard InChI is InChI=1S/C17H18Cl2N2O2S/c1-21-9-15(14-7-12(18)8-17(19)16(14)10-21)11-3-5-13(6-4-11)20-24(2,22)23/h3-8,15,20H,9-10H2,1-2H3. The van der Waals surface area contributed by atoms with Crippen molar-refractivity contribution >= 4 is 38.9 Å². The Hall–Kier alpha value is -1.27. The molecule has 0 saturated carbocycles. The molecule has 7 heteroatoms. The van der Waals surface area contributed by atoms with Crippen molar-refractivity contribution in [3.8, 4) is 0 Å². The van der Waals surface area contributed by atoms with Crippen LogP contribution in [-0.4, -0.2) is 33.2 Å². The van der Waals surface area contributed by atoms with E-state index in [1.54, 1.807) is 18.2 Å². The zero-order chi connectivity index (χ0) is 17.5. The van der Waals surface area contributed by atoms with Crippen molar-refractivity contribution in [1.29, 1.82) is 0 Å². The number of hydrogen-bond donors (Lipinski definition) is 1. The highest BCUT2D eigenvalue weighted by Crippen LogP contribution is 2.38. The van der Waals surface area contributed by atoms with Crippen LogP contribution in [0.25, 0.3) is 0 Å². The molecule has 0 saturated heterocycles. The van der Waals surface area contributed by atoms with E-state index in [-0.39, 0.29) is 5.92 Å². The number of nitrogens with zero attached hydrogens (tertiary/aromatic N) is 1. The molecule has 0 spiro atoms. The third kappa shape index (κ3) is 3.86. The van der Waals surface area contributed by atoms with E-state index >= 15 is 0 Å². The zero-order valence-electron chi connectivity index (χ0n) is 13.4. The lowest BCUT2D eigenvalue weighted by molar-refractivity contribution is 0.295. The van der Waals surface area contributed by atoms with Crippen LogP contribution in [0.15, 0.2) is 36.4 Å². The van der Waals surface area contributed by atoms with Gasteiger partial charge in [0.25, 0.3) is 0 Å². The number of benzene rings is 2. The van der Waals surface area contributed by atoms with Gasteiger partial charge >= 0.3 is 0 Å². The van der Waals surface area contributed by atoms with Gasteiger partial charge in [0.2, 0.25) is 10.0 Å². The van der Waals surface area contributed by atoms with Crippen LogP contribution < -0.4 is 4.72 Å². The fourth-order valence-electron chi connectivity index (χ4n) is 3.13. The van der Waals surface area contributed by atoms with Gasteiger partial charge in [-0.15, -0.1) is 0 Å². The van der Waals surface area contributed by atoms with E-state index in [0.29, 0.717) is 15.7 Å². The van der Waals surface area contributed by atoms with Crippen LogP contribution in [0.4, 0.5) is 5.69 Å². The van der Waals surface area contributed by atoms with Gasteiger partial charge in [-0.25, -0.2) is 8.42 Å². The van der Waals surface area contributed by atoms with Crippen LogP contribution in [0.3, 0.4) is 0 Å². The zero-order valence-corrected chi connectivity index (χ0v) is 15.7. The second-order valence-electron chi connectivity index (χ2n) is 6.20. The van der Waals surface area contributed by atoms with Crippen LogP contribution in [0.1, 0.15) is 22.6 Å². The summed E-state index contributed by atoms with van der Waals surface area (Å²) in [4.78, 5) is 2.22. The number of anilines is 1. The Bertz CT molecular complexity index is 867. The van der Waals surface area contributed by atoms with Crippen molar-refractivity contribution in [3.05, 3.63) is 63.1 Å². The predicted molar refractivity (Wildman–Crippen MR) is 99.5 cm³/mol. The third-order valence-electron chi connectivity index (χ3n) is 4.11. The Morgan fingerprint density at radius 1 is 1.17 bits per heavy atom. The minimum Gasteiger partial charge on any atom is -0.301 e. The smallest absolute Gasteiger partial charge is 0.229 e. The maximum absolute atomic E-state index is 11.3. The summed E-state index contributed by atoms with van der Waals surface area (Å²) >= 11 is 12.6. The van der Waals surface area contributed by atoms with Crippen molar-refractivity contribution in [2.24, 2.45) is 0 Å². The first-order chi connectivity index (χ1) is 11.2. The van der Waals surface area contributed by atoms with Gasteiger partial charge in [0.1, 0.15) is 0 Å². The number of likely N-dealkylation sites (N-methyl/N-ethyl adjacent to an activating group) is 1. The molecule has 24 heavy (non-hydrogen) atoms. The summed E-state index contributed by atoms with van der Waals surface area (Å²) in [7, 11) is -1.22. The highest BCUT2D eigenvalue weighted by Gasteiger charge is 2.27. The molecule has 1 aliphatic heterocycles. The summed E-state index contributed by atoms with van der Waals surface area (Å²) in [5.74, 6) is 0.141. The SMILES string of the molecule is CN1Cc2c(Cl)cc(Cl)cc2C(c2ccc(NS(C)(=O)=O)cc2)C1. The van der Waals surface area contributed by atoms with E-state index in [1.165, 1.54) is 0 Å². The fraction of sp³-hybridized carbons (Fsp3) is 0.294. The summed E-state index contributed by atoms with van der Waals surface area (Å²) in [6, 6.07) is 11.2. The van der Waals surface area contributed by atoms with Gasteiger partial charge in [-0.3, -0.25) is 4.72 Å². The van der Waals surface area contributed by atoms with Gasteiger partial charge in [-0.05, 0) is 48.0 Å². The average Bonchev–Trinajstić information content (AvgIpc) is 2.47. The normalized spacial score (nSPS) is 18.2. The van der Waals surface area contributed by atoms with Crippen LogP contribution in [0, 0.1) is 0 Å². The molecule has 3 rings (SSSR count). The van der Waals surface area contributed by atoms with Gasteiger partial charge in [0.15, 0.2) is 0 Å².